The summed E-state index contributed by atoms with van der Waals surface area (Å²) in [7, 11) is 0. The Morgan fingerprint density at radius 3 is 2.85 bits per heavy atom. The van der Waals surface area contributed by atoms with Crippen LogP contribution in [0.25, 0.3) is 0 Å². The van der Waals surface area contributed by atoms with Crippen molar-refractivity contribution in [2.45, 2.75) is 39.3 Å². The molecule has 2 rings (SSSR count). The lowest BCUT2D eigenvalue weighted by molar-refractivity contribution is 0.241. The molecule has 0 spiro atoms. The van der Waals surface area contributed by atoms with Crippen molar-refractivity contribution in [3.05, 3.63) is 46.4 Å². The second kappa shape index (κ2) is 7.41. The van der Waals surface area contributed by atoms with Crippen LogP contribution in [-0.4, -0.2) is 17.6 Å². The lowest BCUT2D eigenvalue weighted by Gasteiger charge is -2.18. The number of nitrogens with zero attached hydrogens (tertiary/aromatic N) is 1. The first-order chi connectivity index (χ1) is 9.69. The monoisotopic (exact) mass is 290 g/mol. The van der Waals surface area contributed by atoms with Crippen LogP contribution < -0.4 is 10.1 Å². The van der Waals surface area contributed by atoms with Gasteiger partial charge in [-0.3, -0.25) is 4.98 Å². The molecular weight excluding hydrogens is 268 g/mol. The van der Waals surface area contributed by atoms with Crippen LogP contribution in [0.5, 0.6) is 5.75 Å². The summed E-state index contributed by atoms with van der Waals surface area (Å²) < 4.78 is 5.73. The number of rotatable bonds is 7. The number of nitrogens with one attached hydrogen (secondary N) is 1. The molecule has 0 aromatic carbocycles. The molecule has 2 aromatic rings. The molecule has 0 aliphatic carbocycles. The van der Waals surface area contributed by atoms with E-state index in [0.29, 0.717) is 0 Å². The summed E-state index contributed by atoms with van der Waals surface area (Å²) in [5, 5.41) is 5.65. The standard InChI is InChI=1S/C16H22N2OS/c1-4-18-16(9-15-6-5-7-20-15)13-8-14(11-17-10-13)19-12(2)3/h5-8,10-12,16,18H,4,9H2,1-3H3. The van der Waals surface area contributed by atoms with E-state index in [0.717, 1.165) is 18.7 Å². The number of aromatic nitrogens is 1. The largest absolute Gasteiger partial charge is 0.489 e. The molecule has 1 N–H and O–H groups in total. The van der Waals surface area contributed by atoms with E-state index in [4.69, 9.17) is 4.74 Å². The summed E-state index contributed by atoms with van der Waals surface area (Å²) >= 11 is 1.79. The number of ether oxygens (including phenoxy) is 1. The zero-order valence-electron chi connectivity index (χ0n) is 12.3. The Morgan fingerprint density at radius 2 is 2.20 bits per heavy atom. The zero-order chi connectivity index (χ0) is 14.4. The average molecular weight is 290 g/mol. The SMILES string of the molecule is CCNC(Cc1cccs1)c1cncc(OC(C)C)c1. The van der Waals surface area contributed by atoms with Gasteiger partial charge >= 0.3 is 0 Å². The summed E-state index contributed by atoms with van der Waals surface area (Å²) in [4.78, 5) is 5.69. The van der Waals surface area contributed by atoms with Crippen molar-refractivity contribution < 1.29 is 4.74 Å². The highest BCUT2D eigenvalue weighted by atomic mass is 32.1. The second-order valence-electron chi connectivity index (χ2n) is 5.01. The number of hydrogen-bond donors (Lipinski definition) is 1. The Labute approximate surface area is 125 Å². The maximum atomic E-state index is 5.73. The summed E-state index contributed by atoms with van der Waals surface area (Å²) in [5.41, 5.74) is 1.18. The van der Waals surface area contributed by atoms with Gasteiger partial charge in [-0.25, -0.2) is 0 Å². The van der Waals surface area contributed by atoms with Gasteiger partial charge in [-0.2, -0.15) is 0 Å². The molecule has 0 radical (unpaired) electrons. The molecule has 0 amide bonds. The van der Waals surface area contributed by atoms with E-state index in [1.165, 1.54) is 10.4 Å². The third kappa shape index (κ3) is 4.32. The van der Waals surface area contributed by atoms with Crippen LogP contribution in [0.2, 0.25) is 0 Å². The minimum absolute atomic E-state index is 0.168. The molecule has 1 atom stereocenters. The molecule has 108 valence electrons. The lowest BCUT2D eigenvalue weighted by atomic mass is 10.0. The molecule has 0 fully saturated rings. The normalized spacial score (nSPS) is 12.6. The fourth-order valence-corrected chi connectivity index (χ4v) is 2.90. The van der Waals surface area contributed by atoms with Crippen LogP contribution in [0.1, 0.15) is 37.3 Å². The number of hydrogen-bond acceptors (Lipinski definition) is 4. The van der Waals surface area contributed by atoms with Crippen molar-refractivity contribution in [3.63, 3.8) is 0 Å². The van der Waals surface area contributed by atoms with Crippen molar-refractivity contribution in [3.8, 4) is 5.75 Å². The van der Waals surface area contributed by atoms with Crippen LogP contribution in [0.3, 0.4) is 0 Å². The molecule has 0 aliphatic rings. The first-order valence-electron chi connectivity index (χ1n) is 7.06. The first-order valence-corrected chi connectivity index (χ1v) is 7.94. The number of thiophene rings is 1. The summed E-state index contributed by atoms with van der Waals surface area (Å²) in [6.45, 7) is 7.12. The maximum absolute atomic E-state index is 5.73. The summed E-state index contributed by atoms with van der Waals surface area (Å²) in [6.07, 6.45) is 4.85. The van der Waals surface area contributed by atoms with E-state index in [-0.39, 0.29) is 12.1 Å². The van der Waals surface area contributed by atoms with Crippen LogP contribution >= 0.6 is 11.3 Å². The molecule has 0 saturated carbocycles. The Morgan fingerprint density at radius 1 is 1.35 bits per heavy atom. The van der Waals surface area contributed by atoms with Gasteiger partial charge in [0.15, 0.2) is 0 Å². The quantitative estimate of drug-likeness (QED) is 0.841. The Balaban J connectivity index is 2.15. The predicted octanol–water partition coefficient (Wildman–Crippen LogP) is 3.82. The van der Waals surface area contributed by atoms with Crippen molar-refractivity contribution in [1.82, 2.24) is 10.3 Å². The summed E-state index contributed by atoms with van der Waals surface area (Å²) in [6, 6.07) is 6.64. The Hall–Kier alpha value is -1.39. The van der Waals surface area contributed by atoms with Gasteiger partial charge in [0.25, 0.3) is 0 Å². The van der Waals surface area contributed by atoms with E-state index in [1.54, 1.807) is 17.5 Å². The van der Waals surface area contributed by atoms with E-state index in [9.17, 15) is 0 Å². The fourth-order valence-electron chi connectivity index (χ4n) is 2.15. The molecule has 4 heteroatoms. The van der Waals surface area contributed by atoms with Gasteiger partial charge in [0, 0.05) is 23.5 Å². The van der Waals surface area contributed by atoms with E-state index in [1.807, 2.05) is 20.0 Å². The van der Waals surface area contributed by atoms with Gasteiger partial charge in [-0.15, -0.1) is 11.3 Å². The van der Waals surface area contributed by atoms with Gasteiger partial charge < -0.3 is 10.1 Å². The average Bonchev–Trinajstić information content (AvgIpc) is 2.91. The second-order valence-corrected chi connectivity index (χ2v) is 6.05. The van der Waals surface area contributed by atoms with Crippen molar-refractivity contribution in [1.29, 1.82) is 0 Å². The molecule has 0 saturated heterocycles. The number of pyridine rings is 1. The number of likely N-dealkylation sites (N-methyl/N-ethyl adjacent to an activating group) is 1. The van der Waals surface area contributed by atoms with Crippen LogP contribution in [0.15, 0.2) is 36.0 Å². The van der Waals surface area contributed by atoms with Gasteiger partial charge in [-0.05, 0) is 43.5 Å². The van der Waals surface area contributed by atoms with Crippen molar-refractivity contribution in [2.24, 2.45) is 0 Å². The third-order valence-electron chi connectivity index (χ3n) is 2.94. The minimum atomic E-state index is 0.168. The molecular formula is C16H22N2OS. The van der Waals surface area contributed by atoms with E-state index < -0.39 is 0 Å². The highest BCUT2D eigenvalue weighted by Crippen LogP contribution is 2.23. The topological polar surface area (TPSA) is 34.2 Å². The molecule has 0 bridgehead atoms. The smallest absolute Gasteiger partial charge is 0.138 e. The molecule has 20 heavy (non-hydrogen) atoms. The highest BCUT2D eigenvalue weighted by molar-refractivity contribution is 7.09. The first kappa shape index (κ1) is 15.0. The predicted molar refractivity (Wildman–Crippen MR) is 84.4 cm³/mol. The highest BCUT2D eigenvalue weighted by Gasteiger charge is 2.13. The molecule has 2 heterocycles. The van der Waals surface area contributed by atoms with Gasteiger partial charge in [0.05, 0.1) is 12.3 Å². The van der Waals surface area contributed by atoms with E-state index >= 15 is 0 Å². The molecule has 0 aliphatic heterocycles. The van der Waals surface area contributed by atoms with Crippen molar-refractivity contribution >= 4 is 11.3 Å². The van der Waals surface area contributed by atoms with Crippen LogP contribution in [-0.2, 0) is 6.42 Å². The van der Waals surface area contributed by atoms with Crippen LogP contribution in [0, 0.1) is 0 Å². The lowest BCUT2D eigenvalue weighted by Crippen LogP contribution is -2.23. The van der Waals surface area contributed by atoms with Gasteiger partial charge in [0.1, 0.15) is 5.75 Å². The Kier molecular flexibility index (Phi) is 5.56. The third-order valence-corrected chi connectivity index (χ3v) is 3.84. The molecule has 1 unspecified atom stereocenters. The maximum Gasteiger partial charge on any atom is 0.138 e. The van der Waals surface area contributed by atoms with Crippen LogP contribution in [0.4, 0.5) is 0 Å². The van der Waals surface area contributed by atoms with Crippen molar-refractivity contribution in [2.75, 3.05) is 6.54 Å². The summed E-state index contributed by atoms with van der Waals surface area (Å²) in [5.74, 6) is 0.839. The van der Waals surface area contributed by atoms with Gasteiger partial charge in [-0.1, -0.05) is 13.0 Å². The molecule has 2 aromatic heterocycles. The van der Waals surface area contributed by atoms with E-state index in [2.05, 4.69) is 40.8 Å². The zero-order valence-corrected chi connectivity index (χ0v) is 13.1. The van der Waals surface area contributed by atoms with Gasteiger partial charge in [0.2, 0.25) is 0 Å². The fraction of sp³-hybridized carbons (Fsp3) is 0.438. The minimum Gasteiger partial charge on any atom is -0.489 e. The molecule has 3 nitrogen and oxygen atoms in total. The Bertz CT molecular complexity index is 511.